The van der Waals surface area contributed by atoms with Crippen LogP contribution in [0, 0.1) is 0 Å². The zero-order valence-corrected chi connectivity index (χ0v) is 9.39. The molecule has 0 unspecified atom stereocenters. The first-order valence-corrected chi connectivity index (χ1v) is 6.52. The summed E-state index contributed by atoms with van der Waals surface area (Å²) >= 11 is 0. The molecule has 2 N–H and O–H groups in total. The maximum Gasteiger partial charge on any atom is 0.265 e. The van der Waals surface area contributed by atoms with Crippen LogP contribution in [0.3, 0.4) is 0 Å². The van der Waals surface area contributed by atoms with E-state index in [1.807, 2.05) is 0 Å². The molecule has 5 nitrogen and oxygen atoms in total. The second kappa shape index (κ2) is 4.57. The monoisotopic (exact) mass is 223 g/mol. The van der Waals surface area contributed by atoms with Crippen molar-refractivity contribution in [2.45, 2.75) is 6.42 Å². The molecule has 1 heterocycles. The summed E-state index contributed by atoms with van der Waals surface area (Å²) in [6.07, 6.45) is 0.537. The smallest absolute Gasteiger partial charge is 0.265 e. The number of nitrogens with one attached hydrogen (secondary N) is 1. The van der Waals surface area contributed by atoms with Crippen molar-refractivity contribution in [3.8, 4) is 0 Å². The van der Waals surface area contributed by atoms with Crippen LogP contribution in [0.25, 0.3) is 0 Å². The van der Waals surface area contributed by atoms with Crippen molar-refractivity contribution in [1.29, 1.82) is 0 Å². The fraction of sp³-hybridized carbons (Fsp3) is 1.00. The summed E-state index contributed by atoms with van der Waals surface area (Å²) in [5, 5.41) is 3.26. The quantitative estimate of drug-likeness (QED) is 0.489. The van der Waals surface area contributed by atoms with E-state index in [9.17, 15) is 8.42 Å². The van der Waals surface area contributed by atoms with Crippen LogP contribution in [-0.2, 0) is 10.1 Å². The minimum Gasteiger partial charge on any atom is -0.324 e. The van der Waals surface area contributed by atoms with Crippen LogP contribution in [-0.4, -0.2) is 63.0 Å². The first kappa shape index (κ1) is 11.9. The molecule has 0 aromatic heterocycles. The van der Waals surface area contributed by atoms with Gasteiger partial charge in [0.2, 0.25) is 0 Å². The van der Waals surface area contributed by atoms with Gasteiger partial charge < -0.3 is 9.80 Å². The molecule has 0 spiro atoms. The van der Waals surface area contributed by atoms with E-state index in [2.05, 4.69) is 12.4 Å². The van der Waals surface area contributed by atoms with Gasteiger partial charge in [0.15, 0.2) is 0 Å². The average molecular weight is 223 g/mol. The second-order valence-corrected chi connectivity index (χ2v) is 5.75. The Kier molecular flexibility index (Phi) is 3.88. The van der Waals surface area contributed by atoms with E-state index < -0.39 is 10.1 Å². The van der Waals surface area contributed by atoms with Gasteiger partial charge in [0, 0.05) is 19.5 Å². The highest BCUT2D eigenvalue weighted by molar-refractivity contribution is 7.85. The number of piperazine rings is 1. The van der Waals surface area contributed by atoms with Crippen molar-refractivity contribution >= 4 is 10.1 Å². The highest BCUT2D eigenvalue weighted by atomic mass is 32.2. The predicted molar refractivity (Wildman–Crippen MR) is 54.7 cm³/mol. The highest BCUT2D eigenvalue weighted by Crippen LogP contribution is 2.06. The lowest BCUT2D eigenvalue weighted by atomic mass is 10.2. The summed E-state index contributed by atoms with van der Waals surface area (Å²) in [5.74, 6) is -0.117. The Morgan fingerprint density at radius 1 is 1.36 bits per heavy atom. The molecule has 84 valence electrons. The van der Waals surface area contributed by atoms with Gasteiger partial charge in [-0.2, -0.15) is 8.42 Å². The maximum absolute atomic E-state index is 10.5. The van der Waals surface area contributed by atoms with Crippen LogP contribution in [0.5, 0.6) is 0 Å². The molecular weight excluding hydrogens is 204 g/mol. The third-order valence-corrected chi connectivity index (χ3v) is 3.56. The van der Waals surface area contributed by atoms with Crippen LogP contribution in [0.2, 0.25) is 0 Å². The molecule has 14 heavy (non-hydrogen) atoms. The van der Waals surface area contributed by atoms with E-state index in [-0.39, 0.29) is 5.75 Å². The third kappa shape index (κ3) is 4.36. The fourth-order valence-corrected chi connectivity index (χ4v) is 2.28. The molecule has 1 aliphatic heterocycles. The normalized spacial score (nSPS) is 22.1. The van der Waals surface area contributed by atoms with E-state index >= 15 is 0 Å². The lowest BCUT2D eigenvalue weighted by Gasteiger charge is -2.38. The molecule has 0 aromatic carbocycles. The van der Waals surface area contributed by atoms with Gasteiger partial charge in [0.05, 0.1) is 32.4 Å². The van der Waals surface area contributed by atoms with Gasteiger partial charge in [-0.25, -0.2) is 0 Å². The largest absolute Gasteiger partial charge is 0.324 e. The average Bonchev–Trinajstić information content (AvgIpc) is 2.02. The summed E-state index contributed by atoms with van der Waals surface area (Å²) in [7, 11) is -1.65. The molecule has 1 saturated heterocycles. The summed E-state index contributed by atoms with van der Waals surface area (Å²) in [4.78, 5) is 0. The number of hydrogen-bond acceptors (Lipinski definition) is 3. The van der Waals surface area contributed by atoms with Gasteiger partial charge in [-0.05, 0) is 0 Å². The number of hydrogen-bond donors (Lipinski definition) is 2. The lowest BCUT2D eigenvalue weighted by Crippen LogP contribution is -2.56. The standard InChI is InChI=1S/C8H18N2O3S/c1-10(6-3-9-4-7-10)5-2-8-14(11,12)13/h9H,2-8H2,1H3/p+1. The van der Waals surface area contributed by atoms with E-state index in [0.717, 1.165) is 37.2 Å². The van der Waals surface area contributed by atoms with E-state index in [1.165, 1.54) is 0 Å². The first-order valence-electron chi connectivity index (χ1n) is 4.91. The van der Waals surface area contributed by atoms with Gasteiger partial charge in [-0.15, -0.1) is 0 Å². The zero-order chi connectivity index (χ0) is 10.7. The lowest BCUT2D eigenvalue weighted by molar-refractivity contribution is -0.911. The van der Waals surface area contributed by atoms with Crippen molar-refractivity contribution < 1.29 is 17.5 Å². The third-order valence-electron chi connectivity index (χ3n) is 2.76. The molecule has 0 bridgehead atoms. The summed E-state index contributed by atoms with van der Waals surface area (Å²) in [6.45, 7) is 4.86. The van der Waals surface area contributed by atoms with Gasteiger partial charge in [0.1, 0.15) is 0 Å². The molecule has 0 aliphatic carbocycles. The fourth-order valence-electron chi connectivity index (χ4n) is 1.79. The molecule has 0 radical (unpaired) electrons. The summed E-state index contributed by atoms with van der Waals surface area (Å²) < 4.78 is 30.5. The van der Waals surface area contributed by atoms with Crippen LogP contribution >= 0.6 is 0 Å². The topological polar surface area (TPSA) is 66.4 Å². The van der Waals surface area contributed by atoms with Gasteiger partial charge >= 0.3 is 0 Å². The number of likely N-dealkylation sites (N-methyl/N-ethyl adjacent to an activating group) is 1. The SMILES string of the molecule is C[N+]1(CCCS(=O)(=O)O)CCNCC1. The molecule has 0 atom stereocenters. The Balaban J connectivity index is 2.29. The van der Waals surface area contributed by atoms with Crippen molar-refractivity contribution in [2.75, 3.05) is 45.5 Å². The Bertz CT molecular complexity index is 270. The maximum atomic E-state index is 10.5. The van der Waals surface area contributed by atoms with Crippen molar-refractivity contribution in [3.05, 3.63) is 0 Å². The van der Waals surface area contributed by atoms with E-state index in [0.29, 0.717) is 6.42 Å². The Morgan fingerprint density at radius 3 is 2.43 bits per heavy atom. The minimum atomic E-state index is -3.78. The van der Waals surface area contributed by atoms with Crippen molar-refractivity contribution in [3.63, 3.8) is 0 Å². The zero-order valence-electron chi connectivity index (χ0n) is 8.57. The van der Waals surface area contributed by atoms with E-state index in [4.69, 9.17) is 4.55 Å². The molecule has 0 amide bonds. The molecule has 1 rings (SSSR count). The predicted octanol–water partition coefficient (Wildman–Crippen LogP) is -0.686. The van der Waals surface area contributed by atoms with Crippen LogP contribution < -0.4 is 5.32 Å². The molecule has 1 fully saturated rings. The molecule has 0 aromatic rings. The number of quaternary nitrogens is 1. The number of rotatable bonds is 4. The highest BCUT2D eigenvalue weighted by Gasteiger charge is 2.24. The Labute approximate surface area is 85.4 Å². The van der Waals surface area contributed by atoms with Crippen LogP contribution in [0.4, 0.5) is 0 Å². The summed E-state index contributed by atoms with van der Waals surface area (Å²) in [5.41, 5.74) is 0. The molecule has 6 heteroatoms. The van der Waals surface area contributed by atoms with Crippen LogP contribution in [0.1, 0.15) is 6.42 Å². The molecular formula is C8H19N2O3S+. The van der Waals surface area contributed by atoms with Crippen molar-refractivity contribution in [2.24, 2.45) is 0 Å². The van der Waals surface area contributed by atoms with E-state index in [1.54, 1.807) is 0 Å². The summed E-state index contributed by atoms with van der Waals surface area (Å²) in [6, 6.07) is 0. The van der Waals surface area contributed by atoms with Gasteiger partial charge in [0.25, 0.3) is 10.1 Å². The van der Waals surface area contributed by atoms with Gasteiger partial charge in [-0.1, -0.05) is 0 Å². The first-order chi connectivity index (χ1) is 6.41. The second-order valence-electron chi connectivity index (χ2n) is 4.18. The molecule has 1 aliphatic rings. The Hall–Kier alpha value is -0.170. The minimum absolute atomic E-state index is 0.117. The number of nitrogens with zero attached hydrogens (tertiary/aromatic N) is 1. The van der Waals surface area contributed by atoms with Gasteiger partial charge in [-0.3, -0.25) is 4.55 Å². The van der Waals surface area contributed by atoms with Crippen LogP contribution in [0.15, 0.2) is 0 Å². The Morgan fingerprint density at radius 2 is 1.93 bits per heavy atom. The van der Waals surface area contributed by atoms with Crippen molar-refractivity contribution in [1.82, 2.24) is 5.32 Å². The molecule has 0 saturated carbocycles.